The van der Waals surface area contributed by atoms with Crippen LogP contribution in [0.25, 0.3) is 0 Å². The zero-order valence-electron chi connectivity index (χ0n) is 16.9. The topological polar surface area (TPSA) is 48.5 Å². The molecular formula is C23H25ClN4OS. The highest BCUT2D eigenvalue weighted by molar-refractivity contribution is 7.09. The van der Waals surface area contributed by atoms with E-state index in [1.54, 1.807) is 11.3 Å². The molecule has 1 saturated heterocycles. The van der Waals surface area contributed by atoms with E-state index in [-0.39, 0.29) is 11.9 Å². The van der Waals surface area contributed by atoms with Gasteiger partial charge in [0, 0.05) is 42.3 Å². The van der Waals surface area contributed by atoms with Gasteiger partial charge in [0.15, 0.2) is 0 Å². The highest BCUT2D eigenvalue weighted by Crippen LogP contribution is 2.21. The molecule has 1 amide bonds. The minimum atomic E-state index is -0.124. The Hall–Kier alpha value is -2.41. The average molecular weight is 441 g/mol. The normalized spacial score (nSPS) is 15.7. The summed E-state index contributed by atoms with van der Waals surface area (Å²) in [5, 5.41) is 6.63. The highest BCUT2D eigenvalue weighted by Gasteiger charge is 2.20. The maximum Gasteiger partial charge on any atom is 0.271 e. The number of nitrogens with zero attached hydrogens (tertiary/aromatic N) is 3. The minimum Gasteiger partial charge on any atom is -0.369 e. The molecule has 156 valence electrons. The van der Waals surface area contributed by atoms with E-state index < -0.39 is 0 Å². The molecule has 2 aromatic carbocycles. The first kappa shape index (κ1) is 20.8. The van der Waals surface area contributed by atoms with Crippen LogP contribution in [0.1, 0.15) is 34.0 Å². The number of hydrogen-bond donors (Lipinski definition) is 1. The van der Waals surface area contributed by atoms with Crippen LogP contribution in [0.4, 0.5) is 5.69 Å². The summed E-state index contributed by atoms with van der Waals surface area (Å²) in [4.78, 5) is 21.9. The van der Waals surface area contributed by atoms with Gasteiger partial charge in [0.2, 0.25) is 0 Å². The monoisotopic (exact) mass is 440 g/mol. The smallest absolute Gasteiger partial charge is 0.271 e. The second-order valence-corrected chi connectivity index (χ2v) is 8.85. The van der Waals surface area contributed by atoms with Crippen LogP contribution in [-0.2, 0) is 6.54 Å². The number of carbonyl (C=O) groups excluding carboxylic acids is 1. The van der Waals surface area contributed by atoms with Gasteiger partial charge in [0.25, 0.3) is 5.91 Å². The zero-order valence-corrected chi connectivity index (χ0v) is 18.5. The predicted octanol–water partition coefficient (Wildman–Crippen LogP) is 4.61. The summed E-state index contributed by atoms with van der Waals surface area (Å²) in [5.41, 5.74) is 2.79. The lowest BCUT2D eigenvalue weighted by Crippen LogP contribution is -2.45. The molecule has 0 radical (unpaired) electrons. The molecule has 0 bridgehead atoms. The van der Waals surface area contributed by atoms with Gasteiger partial charge >= 0.3 is 0 Å². The van der Waals surface area contributed by atoms with E-state index in [0.29, 0.717) is 5.69 Å². The van der Waals surface area contributed by atoms with Gasteiger partial charge in [-0.25, -0.2) is 4.98 Å². The molecule has 0 saturated carbocycles. The first-order valence-electron chi connectivity index (χ1n) is 10.1. The first-order chi connectivity index (χ1) is 14.6. The molecule has 0 aliphatic carbocycles. The number of piperazine rings is 1. The van der Waals surface area contributed by atoms with E-state index in [9.17, 15) is 4.79 Å². The maximum absolute atomic E-state index is 12.6. The Morgan fingerprint density at radius 3 is 2.50 bits per heavy atom. The molecule has 7 heteroatoms. The summed E-state index contributed by atoms with van der Waals surface area (Å²) in [6.45, 7) is 6.63. The van der Waals surface area contributed by atoms with Crippen molar-refractivity contribution in [3.05, 3.63) is 81.3 Å². The molecular weight excluding hydrogens is 416 g/mol. The van der Waals surface area contributed by atoms with Crippen molar-refractivity contribution in [2.75, 3.05) is 31.1 Å². The Morgan fingerprint density at radius 1 is 1.10 bits per heavy atom. The summed E-state index contributed by atoms with van der Waals surface area (Å²) in [6.07, 6.45) is 0. The Labute approximate surface area is 186 Å². The molecule has 0 spiro atoms. The summed E-state index contributed by atoms with van der Waals surface area (Å²) in [7, 11) is 0. The summed E-state index contributed by atoms with van der Waals surface area (Å²) >= 11 is 7.54. The minimum absolute atomic E-state index is 0.0511. The molecule has 1 aliphatic heterocycles. The number of aromatic nitrogens is 1. The summed E-state index contributed by atoms with van der Waals surface area (Å²) in [6, 6.07) is 17.9. The highest BCUT2D eigenvalue weighted by atomic mass is 35.5. The number of carbonyl (C=O) groups is 1. The van der Waals surface area contributed by atoms with E-state index in [1.807, 2.05) is 54.8 Å². The number of rotatable bonds is 6. The largest absolute Gasteiger partial charge is 0.369 e. The number of benzene rings is 2. The first-order valence-corrected chi connectivity index (χ1v) is 11.4. The molecule has 0 unspecified atom stereocenters. The number of nitrogens with one attached hydrogen (secondary N) is 1. The third-order valence-corrected chi connectivity index (χ3v) is 6.44. The molecule has 2 heterocycles. The number of thiazole rings is 1. The van der Waals surface area contributed by atoms with Gasteiger partial charge in [0.1, 0.15) is 10.7 Å². The lowest BCUT2D eigenvalue weighted by atomic mass is 10.1. The van der Waals surface area contributed by atoms with E-state index in [4.69, 9.17) is 11.6 Å². The van der Waals surface area contributed by atoms with Crippen LogP contribution < -0.4 is 10.2 Å². The molecule has 1 aromatic heterocycles. The van der Waals surface area contributed by atoms with Crippen molar-refractivity contribution in [1.29, 1.82) is 0 Å². The van der Waals surface area contributed by atoms with Crippen LogP contribution in [0.15, 0.2) is 60.0 Å². The van der Waals surface area contributed by atoms with E-state index in [0.717, 1.165) is 48.3 Å². The number of anilines is 1. The second kappa shape index (κ2) is 9.60. The van der Waals surface area contributed by atoms with E-state index >= 15 is 0 Å². The SMILES string of the molecule is C[C@@H](NC(=O)c1csc(CN2CCN(c3ccc(Cl)cc3)CC2)n1)c1ccccc1. The summed E-state index contributed by atoms with van der Waals surface area (Å²) < 4.78 is 0. The van der Waals surface area contributed by atoms with Gasteiger partial charge in [-0.1, -0.05) is 41.9 Å². The summed E-state index contributed by atoms with van der Waals surface area (Å²) in [5.74, 6) is -0.124. The van der Waals surface area contributed by atoms with Crippen molar-refractivity contribution < 1.29 is 4.79 Å². The fraction of sp³-hybridized carbons (Fsp3) is 0.304. The van der Waals surface area contributed by atoms with Crippen molar-refractivity contribution in [3.63, 3.8) is 0 Å². The lowest BCUT2D eigenvalue weighted by Gasteiger charge is -2.35. The average Bonchev–Trinajstić information content (AvgIpc) is 3.24. The molecule has 1 atom stereocenters. The van der Waals surface area contributed by atoms with Crippen LogP contribution in [0.2, 0.25) is 5.02 Å². The van der Waals surface area contributed by atoms with Crippen molar-refractivity contribution in [2.45, 2.75) is 19.5 Å². The van der Waals surface area contributed by atoms with Crippen molar-refractivity contribution >= 4 is 34.5 Å². The number of amides is 1. The third kappa shape index (κ3) is 5.19. The van der Waals surface area contributed by atoms with Crippen molar-refractivity contribution in [3.8, 4) is 0 Å². The van der Waals surface area contributed by atoms with E-state index in [1.165, 1.54) is 5.69 Å². The van der Waals surface area contributed by atoms with Gasteiger partial charge in [0.05, 0.1) is 12.6 Å². The van der Waals surface area contributed by atoms with Gasteiger partial charge in [-0.05, 0) is 36.8 Å². The van der Waals surface area contributed by atoms with Crippen LogP contribution >= 0.6 is 22.9 Å². The van der Waals surface area contributed by atoms with E-state index in [2.05, 4.69) is 32.2 Å². The van der Waals surface area contributed by atoms with Gasteiger partial charge in [-0.15, -0.1) is 11.3 Å². The van der Waals surface area contributed by atoms with Crippen LogP contribution in [0, 0.1) is 0 Å². The Morgan fingerprint density at radius 2 is 1.80 bits per heavy atom. The molecule has 1 fully saturated rings. The molecule has 1 aliphatic rings. The standard InChI is InChI=1S/C23H25ClN4OS/c1-17(18-5-3-2-4-6-18)25-23(29)21-16-30-22(26-21)15-27-11-13-28(14-12-27)20-9-7-19(24)8-10-20/h2-10,16-17H,11-15H2,1H3,(H,25,29)/t17-/m1/s1. The number of hydrogen-bond acceptors (Lipinski definition) is 5. The third-order valence-electron chi connectivity index (χ3n) is 5.35. The van der Waals surface area contributed by atoms with Gasteiger partial charge in [-0.2, -0.15) is 0 Å². The van der Waals surface area contributed by atoms with Crippen molar-refractivity contribution in [2.24, 2.45) is 0 Å². The lowest BCUT2D eigenvalue weighted by molar-refractivity contribution is 0.0935. The second-order valence-electron chi connectivity index (χ2n) is 7.47. The van der Waals surface area contributed by atoms with Crippen LogP contribution in [0.5, 0.6) is 0 Å². The fourth-order valence-corrected chi connectivity index (χ4v) is 4.53. The van der Waals surface area contributed by atoms with Crippen LogP contribution in [-0.4, -0.2) is 42.0 Å². The zero-order chi connectivity index (χ0) is 20.9. The van der Waals surface area contributed by atoms with Crippen LogP contribution in [0.3, 0.4) is 0 Å². The molecule has 3 aromatic rings. The molecule has 30 heavy (non-hydrogen) atoms. The Bertz CT molecular complexity index is 968. The fourth-order valence-electron chi connectivity index (χ4n) is 3.59. The molecule has 5 nitrogen and oxygen atoms in total. The Balaban J connectivity index is 1.28. The number of halogens is 1. The van der Waals surface area contributed by atoms with Gasteiger partial charge in [-0.3, -0.25) is 9.69 Å². The van der Waals surface area contributed by atoms with Crippen molar-refractivity contribution in [1.82, 2.24) is 15.2 Å². The molecule has 4 rings (SSSR count). The molecule has 1 N–H and O–H groups in total. The predicted molar refractivity (Wildman–Crippen MR) is 123 cm³/mol. The van der Waals surface area contributed by atoms with Gasteiger partial charge < -0.3 is 10.2 Å². The quantitative estimate of drug-likeness (QED) is 0.608. The Kier molecular flexibility index (Phi) is 6.67. The maximum atomic E-state index is 12.6.